The standard InChI is InChI=1S/C12H24O6/c1-8-12(9(13)14,17-15-10(2,3)4)18-16-11(5,6)7/h8H2,1-7H3,(H,13,14). The van der Waals surface area contributed by atoms with E-state index in [4.69, 9.17) is 19.6 Å². The van der Waals surface area contributed by atoms with E-state index in [0.29, 0.717) is 0 Å². The summed E-state index contributed by atoms with van der Waals surface area (Å²) in [6.07, 6.45) is 0.0362. The number of aliphatic carboxylic acids is 1. The molecule has 1 N–H and O–H groups in total. The van der Waals surface area contributed by atoms with Gasteiger partial charge in [-0.1, -0.05) is 6.92 Å². The molecule has 0 aliphatic rings. The third kappa shape index (κ3) is 6.30. The molecule has 0 bridgehead atoms. The molecular weight excluding hydrogens is 240 g/mol. The highest BCUT2D eigenvalue weighted by atomic mass is 17.3. The van der Waals surface area contributed by atoms with Crippen LogP contribution in [0.5, 0.6) is 0 Å². The third-order valence-electron chi connectivity index (χ3n) is 1.64. The first-order chi connectivity index (χ1) is 7.92. The molecule has 0 unspecified atom stereocenters. The van der Waals surface area contributed by atoms with Gasteiger partial charge in [0.05, 0.1) is 11.2 Å². The van der Waals surface area contributed by atoms with Crippen LogP contribution < -0.4 is 0 Å². The first kappa shape index (κ1) is 17.3. The summed E-state index contributed by atoms with van der Waals surface area (Å²) in [4.78, 5) is 31.2. The van der Waals surface area contributed by atoms with E-state index in [1.54, 1.807) is 48.5 Å². The van der Waals surface area contributed by atoms with Crippen LogP contribution in [-0.4, -0.2) is 28.1 Å². The molecule has 0 atom stereocenters. The van der Waals surface area contributed by atoms with Crippen LogP contribution in [0, 0.1) is 0 Å². The normalized spacial score (nSPS) is 13.7. The van der Waals surface area contributed by atoms with E-state index in [-0.39, 0.29) is 6.42 Å². The van der Waals surface area contributed by atoms with Crippen LogP contribution in [0.25, 0.3) is 0 Å². The van der Waals surface area contributed by atoms with Gasteiger partial charge in [-0.3, -0.25) is 0 Å². The maximum Gasteiger partial charge on any atom is 0.370 e. The molecular formula is C12H24O6. The predicted octanol–water partition coefficient (Wildman–Crippen LogP) is 2.67. The molecule has 18 heavy (non-hydrogen) atoms. The molecule has 0 aliphatic heterocycles. The Hall–Kier alpha value is -0.690. The summed E-state index contributed by atoms with van der Waals surface area (Å²) >= 11 is 0. The molecule has 0 rings (SSSR count). The van der Waals surface area contributed by atoms with E-state index >= 15 is 0 Å². The lowest BCUT2D eigenvalue weighted by atomic mass is 10.2. The summed E-state index contributed by atoms with van der Waals surface area (Å²) in [7, 11) is 0. The lowest BCUT2D eigenvalue weighted by molar-refractivity contribution is -0.527. The zero-order valence-corrected chi connectivity index (χ0v) is 12.2. The second-order valence-corrected chi connectivity index (χ2v) is 5.97. The molecule has 0 aromatic carbocycles. The summed E-state index contributed by atoms with van der Waals surface area (Å²) in [6.45, 7) is 12.0. The minimum Gasteiger partial charge on any atom is -0.477 e. The van der Waals surface area contributed by atoms with Crippen LogP contribution >= 0.6 is 0 Å². The van der Waals surface area contributed by atoms with Crippen molar-refractivity contribution in [2.24, 2.45) is 0 Å². The lowest BCUT2D eigenvalue weighted by Crippen LogP contribution is -2.47. The van der Waals surface area contributed by atoms with Crippen molar-refractivity contribution in [2.75, 3.05) is 0 Å². The average Bonchev–Trinajstić information content (AvgIpc) is 2.15. The molecule has 0 saturated heterocycles. The van der Waals surface area contributed by atoms with E-state index in [9.17, 15) is 9.90 Å². The Balaban J connectivity index is 4.78. The molecule has 0 aliphatic carbocycles. The first-order valence-corrected chi connectivity index (χ1v) is 5.89. The fourth-order valence-corrected chi connectivity index (χ4v) is 0.739. The van der Waals surface area contributed by atoms with Crippen LogP contribution in [-0.2, 0) is 24.3 Å². The highest BCUT2D eigenvalue weighted by Crippen LogP contribution is 2.25. The Labute approximate surface area is 108 Å². The second kappa shape index (κ2) is 5.97. The van der Waals surface area contributed by atoms with Crippen molar-refractivity contribution in [3.8, 4) is 0 Å². The van der Waals surface area contributed by atoms with E-state index in [2.05, 4.69) is 0 Å². The van der Waals surface area contributed by atoms with Crippen molar-refractivity contribution >= 4 is 5.97 Å². The zero-order chi connectivity index (χ0) is 14.6. The van der Waals surface area contributed by atoms with E-state index in [1.807, 2.05) is 0 Å². The quantitative estimate of drug-likeness (QED) is 0.451. The number of carbonyl (C=O) groups is 1. The van der Waals surface area contributed by atoms with Crippen molar-refractivity contribution in [1.82, 2.24) is 0 Å². The molecule has 0 spiro atoms. The first-order valence-electron chi connectivity index (χ1n) is 5.89. The summed E-state index contributed by atoms with van der Waals surface area (Å²) in [6, 6.07) is 0. The van der Waals surface area contributed by atoms with Crippen molar-refractivity contribution in [2.45, 2.75) is 71.9 Å². The summed E-state index contributed by atoms with van der Waals surface area (Å²) in [5.74, 6) is -3.28. The van der Waals surface area contributed by atoms with Gasteiger partial charge in [0.25, 0.3) is 0 Å². The molecule has 108 valence electrons. The fourth-order valence-electron chi connectivity index (χ4n) is 0.739. The Morgan fingerprint density at radius 3 is 1.39 bits per heavy atom. The van der Waals surface area contributed by atoms with Crippen LogP contribution in [0.3, 0.4) is 0 Å². The van der Waals surface area contributed by atoms with Crippen molar-refractivity contribution < 1.29 is 29.5 Å². The van der Waals surface area contributed by atoms with Crippen molar-refractivity contribution in [1.29, 1.82) is 0 Å². The Bertz CT molecular complexity index is 255. The SMILES string of the molecule is CCC(OOC(C)(C)C)(OOC(C)(C)C)C(=O)O. The molecule has 0 heterocycles. The fraction of sp³-hybridized carbons (Fsp3) is 0.917. The molecule has 0 fully saturated rings. The van der Waals surface area contributed by atoms with E-state index in [1.165, 1.54) is 0 Å². The minimum atomic E-state index is -1.97. The summed E-state index contributed by atoms with van der Waals surface area (Å²) in [5, 5.41) is 9.21. The molecule has 0 radical (unpaired) electrons. The highest BCUT2D eigenvalue weighted by molar-refractivity contribution is 5.75. The zero-order valence-electron chi connectivity index (χ0n) is 12.2. The van der Waals surface area contributed by atoms with Gasteiger partial charge in [-0.2, -0.15) is 9.78 Å². The third-order valence-corrected chi connectivity index (χ3v) is 1.64. The predicted molar refractivity (Wildman–Crippen MR) is 64.5 cm³/mol. The molecule has 0 aromatic rings. The van der Waals surface area contributed by atoms with E-state index < -0.39 is 23.0 Å². The molecule has 0 aromatic heterocycles. The van der Waals surface area contributed by atoms with Crippen LogP contribution in [0.1, 0.15) is 54.9 Å². The maximum absolute atomic E-state index is 11.3. The Kier molecular flexibility index (Phi) is 5.74. The van der Waals surface area contributed by atoms with Gasteiger partial charge in [-0.05, 0) is 41.5 Å². The van der Waals surface area contributed by atoms with Crippen LogP contribution in [0.4, 0.5) is 0 Å². The number of hydrogen-bond acceptors (Lipinski definition) is 5. The van der Waals surface area contributed by atoms with Gasteiger partial charge in [-0.15, -0.1) is 0 Å². The van der Waals surface area contributed by atoms with Gasteiger partial charge >= 0.3 is 11.8 Å². The number of rotatable bonds is 6. The van der Waals surface area contributed by atoms with Gasteiger partial charge < -0.3 is 5.11 Å². The summed E-state index contributed by atoms with van der Waals surface area (Å²) < 4.78 is 0. The van der Waals surface area contributed by atoms with Crippen molar-refractivity contribution in [3.63, 3.8) is 0 Å². The Morgan fingerprint density at radius 1 is 0.889 bits per heavy atom. The summed E-state index contributed by atoms with van der Waals surface area (Å²) in [5.41, 5.74) is -1.30. The van der Waals surface area contributed by atoms with Crippen LogP contribution in [0.15, 0.2) is 0 Å². The molecule has 6 heteroatoms. The van der Waals surface area contributed by atoms with Gasteiger partial charge in [0, 0.05) is 6.42 Å². The topological polar surface area (TPSA) is 74.2 Å². The van der Waals surface area contributed by atoms with Crippen LogP contribution in [0.2, 0.25) is 0 Å². The monoisotopic (exact) mass is 264 g/mol. The van der Waals surface area contributed by atoms with Crippen molar-refractivity contribution in [3.05, 3.63) is 0 Å². The maximum atomic E-state index is 11.3. The number of carboxylic acids is 1. The lowest BCUT2D eigenvalue weighted by Gasteiger charge is -2.31. The smallest absolute Gasteiger partial charge is 0.370 e. The van der Waals surface area contributed by atoms with Gasteiger partial charge in [0.2, 0.25) is 0 Å². The minimum absolute atomic E-state index is 0.0362. The largest absolute Gasteiger partial charge is 0.477 e. The van der Waals surface area contributed by atoms with E-state index in [0.717, 1.165) is 0 Å². The Morgan fingerprint density at radius 2 is 1.22 bits per heavy atom. The molecule has 0 saturated carbocycles. The average molecular weight is 264 g/mol. The number of carboxylic acid groups (broad SMARTS) is 1. The second-order valence-electron chi connectivity index (χ2n) is 5.97. The molecule has 0 amide bonds. The van der Waals surface area contributed by atoms with Gasteiger partial charge in [-0.25, -0.2) is 14.6 Å². The molecule has 6 nitrogen and oxygen atoms in total. The van der Waals surface area contributed by atoms with Gasteiger partial charge in [0.15, 0.2) is 0 Å². The highest BCUT2D eigenvalue weighted by Gasteiger charge is 2.45. The van der Waals surface area contributed by atoms with Gasteiger partial charge in [0.1, 0.15) is 0 Å². The number of hydrogen-bond donors (Lipinski definition) is 1.